The Labute approximate surface area is 314 Å². The van der Waals surface area contributed by atoms with Crippen molar-refractivity contribution in [2.45, 2.75) is 117 Å². The maximum atomic E-state index is 13.6. The van der Waals surface area contributed by atoms with E-state index < -0.39 is 67.6 Å². The fraction of sp³-hybridized carbons (Fsp3) is 0.474. The van der Waals surface area contributed by atoms with Crippen LogP contribution in [0.2, 0.25) is 18.1 Å². The molecule has 5 rings (SSSR count). The first-order chi connectivity index (χ1) is 25.0. The number of fused-ring (bicyclic) bond motifs is 1. The summed E-state index contributed by atoms with van der Waals surface area (Å²) in [6, 6.07) is 11.2. The fourth-order valence-corrected chi connectivity index (χ4v) is 6.48. The molecule has 2 aromatic rings. The van der Waals surface area contributed by atoms with Gasteiger partial charge in [0, 0.05) is 19.3 Å². The Kier molecular flexibility index (Phi) is 12.3. The zero-order chi connectivity index (χ0) is 40.3. The van der Waals surface area contributed by atoms with Crippen LogP contribution in [0.1, 0.15) is 105 Å². The van der Waals surface area contributed by atoms with Gasteiger partial charge in [0.15, 0.2) is 8.32 Å². The summed E-state index contributed by atoms with van der Waals surface area (Å²) >= 11 is 0. The van der Waals surface area contributed by atoms with Crippen LogP contribution in [0.5, 0.6) is 5.75 Å². The number of carboxylic acid groups (broad SMARTS) is 1. The second-order valence-electron chi connectivity index (χ2n) is 15.7. The molecule has 2 saturated heterocycles. The lowest BCUT2D eigenvalue weighted by Gasteiger charge is -2.36. The maximum Gasteiger partial charge on any atom is 0.424 e. The lowest BCUT2D eigenvalue weighted by Crippen LogP contribution is -2.58. The Morgan fingerprint density at radius 2 is 1.33 bits per heavy atom. The summed E-state index contributed by atoms with van der Waals surface area (Å²) in [4.78, 5) is 98.6. The Hall–Kier alpha value is -5.22. The van der Waals surface area contributed by atoms with Crippen LogP contribution in [0, 0.1) is 0 Å². The molecule has 1 atom stereocenters. The summed E-state index contributed by atoms with van der Waals surface area (Å²) < 4.78 is 17.5. The molecule has 0 aliphatic carbocycles. The van der Waals surface area contributed by atoms with Gasteiger partial charge in [-0.3, -0.25) is 33.7 Å². The molecule has 3 aliphatic heterocycles. The van der Waals surface area contributed by atoms with E-state index in [0.717, 1.165) is 16.0 Å². The van der Waals surface area contributed by atoms with Gasteiger partial charge in [-0.2, -0.15) is 9.80 Å². The molecule has 0 bridgehead atoms. The molecule has 1 unspecified atom stereocenters. The molecule has 2 fully saturated rings. The van der Waals surface area contributed by atoms with Crippen molar-refractivity contribution in [3.05, 3.63) is 64.7 Å². The van der Waals surface area contributed by atoms with Crippen LogP contribution in [0.3, 0.4) is 0 Å². The fourth-order valence-electron chi connectivity index (χ4n) is 5.52. The smallest absolute Gasteiger partial charge is 0.424 e. The molecule has 1 N–H and O–H groups in total. The number of benzene rings is 2. The molecule has 54 heavy (non-hydrogen) atoms. The lowest BCUT2D eigenvalue weighted by atomic mass is 10.0. The van der Waals surface area contributed by atoms with Crippen molar-refractivity contribution in [2.24, 2.45) is 0 Å². The molecule has 0 aromatic heterocycles. The Morgan fingerprint density at radius 3 is 1.85 bits per heavy atom. The Morgan fingerprint density at radius 1 is 0.778 bits per heavy atom. The molecule has 0 spiro atoms. The summed E-state index contributed by atoms with van der Waals surface area (Å²) in [5.41, 5.74) is 1.08. The predicted octanol–water partition coefficient (Wildman–Crippen LogP) is 6.04. The zero-order valence-corrected chi connectivity index (χ0v) is 32.8. The number of carbonyl (C=O) groups excluding carboxylic acids is 7. The second kappa shape index (κ2) is 16.0. The van der Waals surface area contributed by atoms with Crippen molar-refractivity contribution in [1.82, 2.24) is 14.7 Å². The van der Waals surface area contributed by atoms with E-state index in [0.29, 0.717) is 17.9 Å². The molecule has 2 aromatic carbocycles. The van der Waals surface area contributed by atoms with E-state index >= 15 is 0 Å². The zero-order valence-electron chi connectivity index (χ0n) is 31.8. The van der Waals surface area contributed by atoms with Crippen molar-refractivity contribution >= 4 is 55.9 Å². The highest BCUT2D eigenvalue weighted by atomic mass is 28.4. The van der Waals surface area contributed by atoms with Crippen molar-refractivity contribution in [3.8, 4) is 5.75 Å². The molecular weight excluding hydrogens is 719 g/mol. The molecule has 15 nitrogen and oxygen atoms in total. The predicted molar refractivity (Wildman–Crippen MR) is 195 cm³/mol. The number of hydrogen-bond donors (Lipinski definition) is 1. The molecule has 8 amide bonds. The van der Waals surface area contributed by atoms with Gasteiger partial charge in [-0.1, -0.05) is 51.1 Å². The minimum atomic E-state index is -1.88. The van der Waals surface area contributed by atoms with Crippen molar-refractivity contribution < 1.29 is 57.4 Å². The summed E-state index contributed by atoms with van der Waals surface area (Å²) in [6.07, 6.45) is -2.14. The highest BCUT2D eigenvalue weighted by molar-refractivity contribution is 6.74. The number of ether oxygens (including phenoxy) is 2. The molecule has 0 saturated carbocycles. The highest BCUT2D eigenvalue weighted by Gasteiger charge is 2.50. The number of likely N-dealkylation sites (tertiary alicyclic amines) is 2. The molecule has 3 heterocycles. The average Bonchev–Trinajstić information content (AvgIpc) is 3.31. The van der Waals surface area contributed by atoms with Gasteiger partial charge in [0.05, 0.1) is 17.7 Å². The minimum Gasteiger partial charge on any atom is -0.488 e. The highest BCUT2D eigenvalue weighted by Crippen LogP contribution is 2.37. The van der Waals surface area contributed by atoms with E-state index in [-0.39, 0.29) is 59.1 Å². The number of piperidine rings is 2. The van der Waals surface area contributed by atoms with Crippen LogP contribution >= 0.6 is 0 Å². The van der Waals surface area contributed by atoms with Crippen molar-refractivity contribution in [3.63, 3.8) is 0 Å². The van der Waals surface area contributed by atoms with Gasteiger partial charge >= 0.3 is 12.2 Å². The maximum absolute atomic E-state index is 13.6. The van der Waals surface area contributed by atoms with E-state index in [1.165, 1.54) is 6.07 Å². The van der Waals surface area contributed by atoms with E-state index in [4.69, 9.17) is 19.0 Å². The summed E-state index contributed by atoms with van der Waals surface area (Å²) in [6.45, 7) is 16.5. The van der Waals surface area contributed by atoms with Gasteiger partial charge in [0.2, 0.25) is 17.7 Å². The Balaban J connectivity index is 0.000000506. The Bertz CT molecular complexity index is 1840. The number of carbonyl (C=O) groups is 8. The molecule has 290 valence electrons. The van der Waals surface area contributed by atoms with E-state index in [1.807, 2.05) is 24.3 Å². The van der Waals surface area contributed by atoms with Gasteiger partial charge < -0.3 is 19.0 Å². The molecular formula is C38H47N3O12Si. The average molecular weight is 766 g/mol. The van der Waals surface area contributed by atoms with Crippen LogP contribution < -0.4 is 4.74 Å². The minimum absolute atomic E-state index is 0.0420. The first-order valence-electron chi connectivity index (χ1n) is 17.6. The first kappa shape index (κ1) is 41.5. The molecule has 0 radical (unpaired) electrons. The largest absolute Gasteiger partial charge is 0.488 e. The van der Waals surface area contributed by atoms with Crippen LogP contribution in [0.25, 0.3) is 0 Å². The standard InChI is InChI=1S/C32H40N2O8Si.C6H7NO4/c1-31(2,3)42-30(39)34-25(35)17-16-23(28(34)37)33-27(36)22-10-9-11-24(26(22)29(33)38)40-18-20-12-14-21(15-13-20)19-41-43(7,8)32(4,5)6;8-4-2-1-3-5(9)7(4)6(10)11/h9-15,23H,16-19H2,1-8H3;1-3H2,(H,10,11). The third kappa shape index (κ3) is 9.28. The molecule has 16 heteroatoms. The number of rotatable bonds is 7. The SMILES string of the molecule is CC(C)(C)OC(=O)N1C(=O)CCC(N2C(=O)c3cccc(OCc4ccc(CO[Si](C)(C)C(C)(C)C)cc4)c3C2=O)C1=O.O=C(O)N1C(=O)CCCC1=O. The van der Waals surface area contributed by atoms with Gasteiger partial charge in [-0.05, 0) is 75.0 Å². The third-order valence-corrected chi connectivity index (χ3v) is 14.0. The first-order valence-corrected chi connectivity index (χ1v) is 20.5. The van der Waals surface area contributed by atoms with E-state index in [2.05, 4.69) is 33.9 Å². The van der Waals surface area contributed by atoms with Gasteiger partial charge in [0.25, 0.3) is 17.7 Å². The number of hydrogen-bond acceptors (Lipinski definition) is 11. The summed E-state index contributed by atoms with van der Waals surface area (Å²) in [5.74, 6) is -4.15. The van der Waals surface area contributed by atoms with Crippen LogP contribution in [0.15, 0.2) is 42.5 Å². The third-order valence-electron chi connectivity index (χ3n) is 9.48. The van der Waals surface area contributed by atoms with Crippen LogP contribution in [0.4, 0.5) is 9.59 Å². The van der Waals surface area contributed by atoms with E-state index in [9.17, 15) is 38.4 Å². The number of imide groups is 7. The lowest BCUT2D eigenvalue weighted by molar-refractivity contribution is -0.150. The quantitative estimate of drug-likeness (QED) is 0.254. The van der Waals surface area contributed by atoms with Gasteiger partial charge in [0.1, 0.15) is 24.0 Å². The summed E-state index contributed by atoms with van der Waals surface area (Å²) in [5, 5.41) is 8.48. The number of nitrogens with zero attached hydrogens (tertiary/aromatic N) is 3. The monoisotopic (exact) mass is 765 g/mol. The van der Waals surface area contributed by atoms with Crippen LogP contribution in [-0.2, 0) is 41.6 Å². The van der Waals surface area contributed by atoms with Crippen molar-refractivity contribution in [1.29, 1.82) is 0 Å². The van der Waals surface area contributed by atoms with E-state index in [1.54, 1.807) is 32.9 Å². The summed E-state index contributed by atoms with van der Waals surface area (Å²) in [7, 11) is -1.88. The van der Waals surface area contributed by atoms with Crippen LogP contribution in [-0.4, -0.2) is 87.4 Å². The molecule has 3 aliphatic rings. The van der Waals surface area contributed by atoms with Gasteiger partial charge in [-0.25, -0.2) is 9.59 Å². The van der Waals surface area contributed by atoms with Gasteiger partial charge in [-0.15, -0.1) is 0 Å². The second-order valence-corrected chi connectivity index (χ2v) is 20.5. The topological polar surface area (TPSA) is 194 Å². The normalized spacial score (nSPS) is 18.0. The van der Waals surface area contributed by atoms with Crippen molar-refractivity contribution in [2.75, 3.05) is 0 Å². The number of amides is 8.